The molecule has 0 aliphatic heterocycles. The molecule has 0 aromatic rings. The molecule has 0 spiro atoms. The molecule has 0 bridgehead atoms. The van der Waals surface area contributed by atoms with E-state index in [1.54, 1.807) is 0 Å². The molecule has 9 nitrogen and oxygen atoms in total. The van der Waals surface area contributed by atoms with Crippen LogP contribution in [0.25, 0.3) is 0 Å². The molecule has 1 N–H and O–H groups in total. The molecule has 3 atom stereocenters. The molecule has 10 heteroatoms. The lowest BCUT2D eigenvalue weighted by Gasteiger charge is -2.30. The number of phosphoric acid groups is 1. The van der Waals surface area contributed by atoms with Crippen LogP contribution in [-0.2, 0) is 27.9 Å². The Kier molecular flexibility index (Phi) is 54.0. The molecule has 0 rings (SSSR count). The molecule has 0 saturated heterocycles. The molecule has 0 aliphatic rings. The van der Waals surface area contributed by atoms with E-state index in [1.165, 1.54) is 148 Å². The number of quaternary nitrogens is 1. The summed E-state index contributed by atoms with van der Waals surface area (Å²) in [5.74, 6) is -0.639. The second-order valence-electron chi connectivity index (χ2n) is 22.2. The number of phosphoric ester groups is 1. The Morgan fingerprint density at radius 2 is 0.844 bits per heavy atom. The Morgan fingerprint density at radius 3 is 1.30 bits per heavy atom. The van der Waals surface area contributed by atoms with Gasteiger partial charge < -0.3 is 28.5 Å². The van der Waals surface area contributed by atoms with Crippen LogP contribution in [0.2, 0.25) is 0 Å². The standard InChI is InChI=1S/C67H119N2O7P/c1-7-10-13-16-19-22-25-28-30-32-33-34-35-36-37-38-40-42-45-48-51-54-57-60-67(71)76-65(58-55-52-49-46-43-27-24-21-18-15-12-9-3)64(63-75-77(72,73)74-62-61-69(4,5)6)68-66(70)59-56-53-50-47-44-41-39-31-29-26-23-20-17-14-11-8-2/h11,14,19-20,22-23,28-31,41,44,50,53,55,58,64-65H,7-10,12-13,15-18,21,24-27,32-40,42-43,45-49,51-52,54,56-57,59-63H2,1-6H3,(H-,68,70,72,73)/b14-11+,22-19-,23-20+,30-28-,31-29+,44-41+,53-50+,58-55-. The van der Waals surface area contributed by atoms with E-state index >= 15 is 0 Å². The van der Waals surface area contributed by atoms with Crippen LogP contribution in [0.3, 0.4) is 0 Å². The van der Waals surface area contributed by atoms with Crippen molar-refractivity contribution in [2.75, 3.05) is 40.9 Å². The van der Waals surface area contributed by atoms with E-state index in [2.05, 4.69) is 99.0 Å². The fourth-order valence-electron chi connectivity index (χ4n) is 8.66. The minimum Gasteiger partial charge on any atom is -0.756 e. The molecule has 77 heavy (non-hydrogen) atoms. The van der Waals surface area contributed by atoms with Gasteiger partial charge in [0.25, 0.3) is 7.82 Å². The monoisotopic (exact) mass is 1090 g/mol. The number of carbonyl (C=O) groups excluding carboxylic acids is 2. The van der Waals surface area contributed by atoms with Crippen molar-refractivity contribution in [3.05, 3.63) is 97.2 Å². The quantitative estimate of drug-likeness (QED) is 0.0212. The molecule has 1 amide bonds. The van der Waals surface area contributed by atoms with Gasteiger partial charge in [0.2, 0.25) is 5.91 Å². The highest BCUT2D eigenvalue weighted by atomic mass is 31.2. The summed E-state index contributed by atoms with van der Waals surface area (Å²) in [4.78, 5) is 39.9. The fraction of sp³-hybridized carbons (Fsp3) is 0.731. The number of likely N-dealkylation sites (N-methyl/N-ethyl adjacent to an activating group) is 1. The van der Waals surface area contributed by atoms with Gasteiger partial charge in [0.15, 0.2) is 0 Å². The molecular weight excluding hydrogens is 976 g/mol. The van der Waals surface area contributed by atoms with Crippen molar-refractivity contribution in [1.29, 1.82) is 0 Å². The third-order valence-corrected chi connectivity index (χ3v) is 14.5. The van der Waals surface area contributed by atoms with Crippen LogP contribution in [0.5, 0.6) is 0 Å². The largest absolute Gasteiger partial charge is 0.756 e. The van der Waals surface area contributed by atoms with E-state index in [0.29, 0.717) is 17.4 Å². The fourth-order valence-corrected chi connectivity index (χ4v) is 9.38. The molecule has 0 heterocycles. The van der Waals surface area contributed by atoms with Gasteiger partial charge in [-0.3, -0.25) is 14.2 Å². The Bertz CT molecular complexity index is 1640. The number of nitrogens with one attached hydrogen (secondary N) is 1. The minimum atomic E-state index is -4.72. The smallest absolute Gasteiger partial charge is 0.306 e. The maximum Gasteiger partial charge on any atom is 0.306 e. The molecule has 0 aliphatic carbocycles. The number of hydrogen-bond donors (Lipinski definition) is 1. The predicted octanol–water partition coefficient (Wildman–Crippen LogP) is 18.9. The number of rotatable bonds is 56. The molecular formula is C67H119N2O7P. The van der Waals surface area contributed by atoms with Gasteiger partial charge in [0.05, 0.1) is 33.8 Å². The van der Waals surface area contributed by atoms with Gasteiger partial charge in [-0.2, -0.15) is 0 Å². The minimum absolute atomic E-state index is 0.0392. The molecule has 3 unspecified atom stereocenters. The maximum absolute atomic E-state index is 13.5. The SMILES string of the molecule is CC/C=C/C/C=C/C/C=C/C/C=C/C/C=C/CCC(=O)NC(COP(=O)([O-])OCC[N+](C)(C)C)C(/C=C\CCCCCCCCCCCC)OC(=O)CCCCCCCCCCCCCCC/C=C\C/C=C\CCCCC. The highest BCUT2D eigenvalue weighted by molar-refractivity contribution is 7.45. The van der Waals surface area contributed by atoms with Crippen molar-refractivity contribution in [3.63, 3.8) is 0 Å². The number of nitrogens with zero attached hydrogens (tertiary/aromatic N) is 1. The zero-order valence-corrected chi connectivity index (χ0v) is 51.5. The number of carbonyl (C=O) groups is 2. The average molecular weight is 1100 g/mol. The second kappa shape index (κ2) is 56.2. The maximum atomic E-state index is 13.5. The van der Waals surface area contributed by atoms with Crippen LogP contribution in [0, 0.1) is 0 Å². The first kappa shape index (κ1) is 73.9. The Labute approximate surface area is 475 Å². The van der Waals surface area contributed by atoms with Crippen LogP contribution in [-0.4, -0.2) is 69.4 Å². The van der Waals surface area contributed by atoms with Crippen molar-refractivity contribution < 1.29 is 37.3 Å². The molecule has 444 valence electrons. The van der Waals surface area contributed by atoms with Crippen LogP contribution in [0.1, 0.15) is 265 Å². The number of amides is 1. The van der Waals surface area contributed by atoms with Crippen molar-refractivity contribution in [3.8, 4) is 0 Å². The first-order valence-corrected chi connectivity index (χ1v) is 33.0. The van der Waals surface area contributed by atoms with Gasteiger partial charge in [-0.25, -0.2) is 0 Å². The van der Waals surface area contributed by atoms with Gasteiger partial charge in [-0.15, -0.1) is 0 Å². The van der Waals surface area contributed by atoms with Crippen molar-refractivity contribution in [1.82, 2.24) is 5.32 Å². The average Bonchev–Trinajstić information content (AvgIpc) is 3.39. The molecule has 0 aromatic heterocycles. The number of hydrogen-bond acceptors (Lipinski definition) is 7. The third-order valence-electron chi connectivity index (χ3n) is 13.5. The lowest BCUT2D eigenvalue weighted by Crippen LogP contribution is -2.47. The molecule has 0 radical (unpaired) electrons. The van der Waals surface area contributed by atoms with Gasteiger partial charge >= 0.3 is 5.97 Å². The first-order chi connectivity index (χ1) is 37.4. The lowest BCUT2D eigenvalue weighted by atomic mass is 10.0. The normalized spacial score (nSPS) is 14.3. The number of allylic oxidation sites excluding steroid dienone is 15. The predicted molar refractivity (Wildman–Crippen MR) is 330 cm³/mol. The molecule has 0 fully saturated rings. The number of esters is 1. The van der Waals surface area contributed by atoms with E-state index in [-0.39, 0.29) is 31.3 Å². The molecule has 0 saturated carbocycles. The Balaban J connectivity index is 5.26. The summed E-state index contributed by atoms with van der Waals surface area (Å²) in [5, 5.41) is 2.98. The van der Waals surface area contributed by atoms with E-state index in [0.717, 1.165) is 77.0 Å². The summed E-state index contributed by atoms with van der Waals surface area (Å²) in [5.41, 5.74) is 0. The van der Waals surface area contributed by atoms with Crippen LogP contribution >= 0.6 is 7.82 Å². The summed E-state index contributed by atoms with van der Waals surface area (Å²) in [6.07, 6.45) is 75.4. The van der Waals surface area contributed by atoms with E-state index < -0.39 is 26.6 Å². The number of unbranched alkanes of at least 4 members (excludes halogenated alkanes) is 26. The highest BCUT2D eigenvalue weighted by Gasteiger charge is 2.27. The van der Waals surface area contributed by atoms with Crippen molar-refractivity contribution in [2.45, 2.75) is 277 Å². The first-order valence-electron chi connectivity index (χ1n) is 31.5. The topological polar surface area (TPSA) is 114 Å². The third kappa shape index (κ3) is 57.4. The van der Waals surface area contributed by atoms with Gasteiger partial charge in [-0.1, -0.05) is 253 Å². The summed E-state index contributed by atoms with van der Waals surface area (Å²) in [6, 6.07) is -0.933. The molecule has 0 aromatic carbocycles. The van der Waals surface area contributed by atoms with Gasteiger partial charge in [-0.05, 0) is 96.0 Å². The summed E-state index contributed by atoms with van der Waals surface area (Å²) >= 11 is 0. The van der Waals surface area contributed by atoms with Crippen molar-refractivity contribution in [2.24, 2.45) is 0 Å². The van der Waals surface area contributed by atoms with Gasteiger partial charge in [0.1, 0.15) is 19.3 Å². The zero-order chi connectivity index (χ0) is 56.4. The van der Waals surface area contributed by atoms with E-state index in [4.69, 9.17) is 13.8 Å². The van der Waals surface area contributed by atoms with Crippen LogP contribution < -0.4 is 10.2 Å². The van der Waals surface area contributed by atoms with Crippen molar-refractivity contribution >= 4 is 19.7 Å². The zero-order valence-electron chi connectivity index (χ0n) is 50.6. The summed E-state index contributed by atoms with van der Waals surface area (Å²) < 4.78 is 30.3. The summed E-state index contributed by atoms with van der Waals surface area (Å²) in [6.45, 7) is 6.65. The van der Waals surface area contributed by atoms with E-state index in [9.17, 15) is 19.0 Å². The van der Waals surface area contributed by atoms with Crippen LogP contribution in [0.4, 0.5) is 0 Å². The van der Waals surface area contributed by atoms with Crippen LogP contribution in [0.15, 0.2) is 97.2 Å². The Morgan fingerprint density at radius 1 is 0.468 bits per heavy atom. The number of ether oxygens (including phenoxy) is 1. The highest BCUT2D eigenvalue weighted by Crippen LogP contribution is 2.38. The van der Waals surface area contributed by atoms with Gasteiger partial charge in [0, 0.05) is 12.8 Å². The van der Waals surface area contributed by atoms with E-state index in [1.807, 2.05) is 45.4 Å². The lowest BCUT2D eigenvalue weighted by molar-refractivity contribution is -0.870. The summed E-state index contributed by atoms with van der Waals surface area (Å²) in [7, 11) is 1.13. The Hall–Kier alpha value is -3.07. The second-order valence-corrected chi connectivity index (χ2v) is 23.6.